The predicted molar refractivity (Wildman–Crippen MR) is 253 cm³/mol. The summed E-state index contributed by atoms with van der Waals surface area (Å²) in [5.74, 6) is 0. The van der Waals surface area contributed by atoms with Crippen molar-refractivity contribution in [3.8, 4) is 44.5 Å². The maximum atomic E-state index is 2.36. The fourth-order valence-electron chi connectivity index (χ4n) is 9.29. The molecule has 0 saturated heterocycles. The summed E-state index contributed by atoms with van der Waals surface area (Å²) in [7, 11) is 0. The van der Waals surface area contributed by atoms with Crippen molar-refractivity contribution in [1.82, 2.24) is 0 Å². The fourth-order valence-corrected chi connectivity index (χ4v) is 9.29. The molecule has 11 aromatic carbocycles. The predicted octanol–water partition coefficient (Wildman–Crippen LogP) is 16.4. The number of nitrogens with zero attached hydrogens (tertiary/aromatic N) is 1. The van der Waals surface area contributed by atoms with Gasteiger partial charge in [0, 0.05) is 17.1 Å². The van der Waals surface area contributed by atoms with E-state index in [9.17, 15) is 0 Å². The van der Waals surface area contributed by atoms with Gasteiger partial charge in [0.05, 0.1) is 0 Å². The summed E-state index contributed by atoms with van der Waals surface area (Å²) in [6.07, 6.45) is 0. The van der Waals surface area contributed by atoms with Crippen LogP contribution in [0.4, 0.5) is 17.1 Å². The Morgan fingerprint density at radius 3 is 0.644 bits per heavy atom. The van der Waals surface area contributed by atoms with Crippen molar-refractivity contribution in [3.05, 3.63) is 237 Å². The second-order valence-corrected chi connectivity index (χ2v) is 15.2. The minimum Gasteiger partial charge on any atom is -0.311 e. The lowest BCUT2D eigenvalue weighted by Crippen LogP contribution is -2.09. The molecule has 0 amide bonds. The van der Waals surface area contributed by atoms with Crippen LogP contribution in [-0.4, -0.2) is 0 Å². The molecule has 0 spiro atoms. The lowest BCUT2D eigenvalue weighted by Gasteiger charge is -2.26. The van der Waals surface area contributed by atoms with E-state index in [2.05, 4.69) is 241 Å². The van der Waals surface area contributed by atoms with E-state index in [4.69, 9.17) is 0 Å². The van der Waals surface area contributed by atoms with Crippen molar-refractivity contribution in [2.24, 2.45) is 0 Å². The van der Waals surface area contributed by atoms with Crippen LogP contribution >= 0.6 is 0 Å². The minimum absolute atomic E-state index is 1.10. The van der Waals surface area contributed by atoms with Gasteiger partial charge in [-0.1, -0.05) is 200 Å². The average Bonchev–Trinajstić information content (AvgIpc) is 3.31. The highest BCUT2D eigenvalue weighted by atomic mass is 15.1. The van der Waals surface area contributed by atoms with Crippen LogP contribution in [-0.2, 0) is 0 Å². The smallest absolute Gasteiger partial charge is 0.0462 e. The van der Waals surface area contributed by atoms with Gasteiger partial charge < -0.3 is 4.90 Å². The first-order chi connectivity index (χ1) is 29.3. The van der Waals surface area contributed by atoms with Crippen molar-refractivity contribution in [2.75, 3.05) is 4.90 Å². The molecule has 0 fully saturated rings. The normalized spacial score (nSPS) is 11.4. The van der Waals surface area contributed by atoms with E-state index < -0.39 is 0 Å². The number of fused-ring (bicyclic) bond motifs is 4. The van der Waals surface area contributed by atoms with Gasteiger partial charge in [-0.25, -0.2) is 0 Å². The van der Waals surface area contributed by atoms with Gasteiger partial charge in [0.2, 0.25) is 0 Å². The summed E-state index contributed by atoms with van der Waals surface area (Å²) >= 11 is 0. The van der Waals surface area contributed by atoms with Crippen molar-refractivity contribution in [3.63, 3.8) is 0 Å². The zero-order chi connectivity index (χ0) is 39.1. The van der Waals surface area contributed by atoms with Crippen molar-refractivity contribution in [2.45, 2.75) is 0 Å². The van der Waals surface area contributed by atoms with Crippen LogP contribution in [0.5, 0.6) is 0 Å². The molecule has 276 valence electrons. The second-order valence-electron chi connectivity index (χ2n) is 15.2. The molecule has 59 heavy (non-hydrogen) atoms. The van der Waals surface area contributed by atoms with E-state index in [-0.39, 0.29) is 0 Å². The van der Waals surface area contributed by atoms with Crippen LogP contribution in [0.2, 0.25) is 0 Å². The molecule has 0 bridgehead atoms. The molecular formula is C58H39N. The highest BCUT2D eigenvalue weighted by Crippen LogP contribution is 2.46. The first-order valence-electron chi connectivity index (χ1n) is 20.4. The van der Waals surface area contributed by atoms with Gasteiger partial charge >= 0.3 is 0 Å². The van der Waals surface area contributed by atoms with Gasteiger partial charge in [-0.2, -0.15) is 0 Å². The molecule has 0 aromatic heterocycles. The highest BCUT2D eigenvalue weighted by Gasteiger charge is 2.20. The summed E-state index contributed by atoms with van der Waals surface area (Å²) in [6, 6.07) is 86.0. The van der Waals surface area contributed by atoms with Gasteiger partial charge in [0.25, 0.3) is 0 Å². The molecule has 0 atom stereocenters. The van der Waals surface area contributed by atoms with Crippen LogP contribution in [0, 0.1) is 0 Å². The molecule has 0 aliphatic carbocycles. The zero-order valence-corrected chi connectivity index (χ0v) is 32.5. The molecule has 1 heteroatoms. The number of hydrogen-bond donors (Lipinski definition) is 0. The first kappa shape index (κ1) is 34.5. The Morgan fingerprint density at radius 2 is 0.373 bits per heavy atom. The van der Waals surface area contributed by atoms with Gasteiger partial charge in [-0.15, -0.1) is 0 Å². The topological polar surface area (TPSA) is 3.24 Å². The van der Waals surface area contributed by atoms with Crippen LogP contribution in [0.3, 0.4) is 0 Å². The van der Waals surface area contributed by atoms with Crippen molar-refractivity contribution < 1.29 is 0 Å². The summed E-state index contributed by atoms with van der Waals surface area (Å²) in [4.78, 5) is 2.36. The molecular weight excluding hydrogens is 711 g/mol. The maximum absolute atomic E-state index is 2.36. The van der Waals surface area contributed by atoms with E-state index >= 15 is 0 Å². The lowest BCUT2D eigenvalue weighted by atomic mass is 9.86. The van der Waals surface area contributed by atoms with Crippen molar-refractivity contribution in [1.29, 1.82) is 0 Å². The van der Waals surface area contributed by atoms with Crippen LogP contribution < -0.4 is 4.90 Å². The largest absolute Gasteiger partial charge is 0.311 e. The third kappa shape index (κ3) is 5.95. The second kappa shape index (κ2) is 14.6. The molecule has 0 aliphatic heterocycles. The standard InChI is InChI=1S/C58H39N/c1-4-18-40(19-5-1)55-47-24-10-14-28-51(47)57(52-29-15-11-25-48(52)55)42-32-36-45(37-33-42)59(44-22-8-3-9-23-44)46-38-34-43(35-39-46)58-53-30-16-12-26-49(53)56(41-20-6-2-7-21-41)50-27-13-17-31-54(50)58/h1-39H. The average molecular weight is 750 g/mol. The Hall–Kier alpha value is -7.74. The molecule has 0 unspecified atom stereocenters. The molecule has 11 rings (SSSR count). The van der Waals surface area contributed by atoms with Gasteiger partial charge in [-0.3, -0.25) is 0 Å². The third-order valence-electron chi connectivity index (χ3n) is 11.8. The van der Waals surface area contributed by atoms with E-state index in [0.29, 0.717) is 0 Å². The van der Waals surface area contributed by atoms with Crippen LogP contribution in [0.25, 0.3) is 87.6 Å². The molecule has 0 heterocycles. The highest BCUT2D eigenvalue weighted by molar-refractivity contribution is 6.22. The summed E-state index contributed by atoms with van der Waals surface area (Å²) < 4.78 is 0. The Kier molecular flexibility index (Phi) is 8.56. The Labute approximate surface area is 344 Å². The molecule has 1 nitrogen and oxygen atoms in total. The number of rotatable bonds is 7. The number of para-hydroxylation sites is 1. The summed E-state index contributed by atoms with van der Waals surface area (Å²) in [6.45, 7) is 0. The van der Waals surface area contributed by atoms with Gasteiger partial charge in [-0.05, 0) is 124 Å². The number of anilines is 3. The van der Waals surface area contributed by atoms with Gasteiger partial charge in [0.15, 0.2) is 0 Å². The van der Waals surface area contributed by atoms with E-state index in [1.54, 1.807) is 0 Å². The molecule has 0 aliphatic rings. The van der Waals surface area contributed by atoms with E-state index in [1.165, 1.54) is 87.6 Å². The summed E-state index contributed by atoms with van der Waals surface area (Å²) in [5.41, 5.74) is 13.3. The monoisotopic (exact) mass is 749 g/mol. The Balaban J connectivity index is 1.03. The van der Waals surface area contributed by atoms with Crippen LogP contribution in [0.15, 0.2) is 237 Å². The molecule has 0 radical (unpaired) electrons. The number of hydrogen-bond acceptors (Lipinski definition) is 1. The first-order valence-corrected chi connectivity index (χ1v) is 20.4. The van der Waals surface area contributed by atoms with E-state index in [1.807, 2.05) is 0 Å². The molecule has 0 N–H and O–H groups in total. The minimum atomic E-state index is 1.10. The number of benzene rings is 11. The SMILES string of the molecule is c1ccc(-c2c3ccccc3c(-c3ccc(N(c4ccccc4)c4ccc(-c5c6ccccc6c(-c6ccccc6)c6ccccc56)cc4)cc3)c3ccccc23)cc1. The third-order valence-corrected chi connectivity index (χ3v) is 11.8. The van der Waals surface area contributed by atoms with E-state index in [0.717, 1.165) is 17.1 Å². The zero-order valence-electron chi connectivity index (χ0n) is 32.5. The van der Waals surface area contributed by atoms with Crippen molar-refractivity contribution >= 4 is 60.2 Å². The fraction of sp³-hybridized carbons (Fsp3) is 0. The Morgan fingerprint density at radius 1 is 0.169 bits per heavy atom. The quantitative estimate of drug-likeness (QED) is 0.147. The lowest BCUT2D eigenvalue weighted by molar-refractivity contribution is 1.28. The van der Waals surface area contributed by atoms with Crippen LogP contribution in [0.1, 0.15) is 0 Å². The maximum Gasteiger partial charge on any atom is 0.0462 e. The summed E-state index contributed by atoms with van der Waals surface area (Å²) in [5, 5.41) is 10.1. The molecule has 11 aromatic rings. The van der Waals surface area contributed by atoms with Gasteiger partial charge in [0.1, 0.15) is 0 Å². The Bertz CT molecular complexity index is 2960. The molecule has 0 saturated carbocycles.